The zero-order valence-corrected chi connectivity index (χ0v) is 19.6. The largest absolute Gasteiger partial charge is 0.473 e. The summed E-state index contributed by atoms with van der Waals surface area (Å²) in [5.41, 5.74) is 7.61. The number of benzene rings is 1. The minimum Gasteiger partial charge on any atom is -0.473 e. The number of ketones is 2. The second kappa shape index (κ2) is 10.8. The van der Waals surface area contributed by atoms with Crippen molar-refractivity contribution in [3.63, 3.8) is 0 Å². The Balaban J connectivity index is 1.39. The van der Waals surface area contributed by atoms with E-state index in [1.54, 1.807) is 12.1 Å². The summed E-state index contributed by atoms with van der Waals surface area (Å²) >= 11 is 0. The Morgan fingerprint density at radius 1 is 1.00 bits per heavy atom. The van der Waals surface area contributed by atoms with Gasteiger partial charge in [-0.15, -0.1) is 0 Å². The van der Waals surface area contributed by atoms with Gasteiger partial charge in [-0.3, -0.25) is 9.59 Å². The fraction of sp³-hybridized carbons (Fsp3) is 0.519. The van der Waals surface area contributed by atoms with E-state index in [4.69, 9.17) is 10.5 Å². The molecule has 5 nitrogen and oxygen atoms in total. The number of rotatable bonds is 9. The molecule has 0 radical (unpaired) electrons. The molecule has 0 atom stereocenters. The molecule has 1 aromatic carbocycles. The Labute approximate surface area is 191 Å². The molecule has 2 N–H and O–H groups in total. The molecule has 0 amide bonds. The van der Waals surface area contributed by atoms with E-state index in [0.29, 0.717) is 48.6 Å². The van der Waals surface area contributed by atoms with Crippen LogP contribution in [-0.4, -0.2) is 16.6 Å². The van der Waals surface area contributed by atoms with E-state index in [2.05, 4.69) is 17.1 Å². The number of nitrogens with zero attached hydrogens (tertiary/aromatic N) is 1. The number of aryl methyl sites for hydroxylation is 1. The van der Waals surface area contributed by atoms with E-state index < -0.39 is 0 Å². The standard InChI is InChI=1S/C27H36N2O3/c1-27(2,3)24(31)17-20-11-14-22(15-12-20)23(30)16-13-19-7-9-21(10-8-19)18-32-26-6-4-5-25(28)29-26/h4-10,20,22H,11-18H2,1-3H3,(H2,28,29). The molecule has 1 aromatic heterocycles. The predicted octanol–water partition coefficient (Wildman–Crippen LogP) is 5.56. The molecule has 0 spiro atoms. The Kier molecular flexibility index (Phi) is 8.05. The number of hydrogen-bond acceptors (Lipinski definition) is 5. The van der Waals surface area contributed by atoms with Crippen molar-refractivity contribution in [2.75, 3.05) is 5.73 Å². The minimum atomic E-state index is -0.263. The van der Waals surface area contributed by atoms with Gasteiger partial charge in [0.25, 0.3) is 0 Å². The Bertz CT molecular complexity index is 907. The third kappa shape index (κ3) is 7.18. The molecule has 172 valence electrons. The summed E-state index contributed by atoms with van der Waals surface area (Å²) < 4.78 is 5.68. The topological polar surface area (TPSA) is 82.3 Å². The van der Waals surface area contributed by atoms with Crippen LogP contribution in [0.1, 0.15) is 70.4 Å². The third-order valence-corrected chi connectivity index (χ3v) is 6.43. The average Bonchev–Trinajstić information content (AvgIpc) is 2.76. The van der Waals surface area contributed by atoms with E-state index >= 15 is 0 Å². The zero-order chi connectivity index (χ0) is 23.1. The van der Waals surface area contributed by atoms with E-state index in [1.165, 1.54) is 0 Å². The molecule has 0 unspecified atom stereocenters. The van der Waals surface area contributed by atoms with Crippen LogP contribution in [-0.2, 0) is 22.6 Å². The summed E-state index contributed by atoms with van der Waals surface area (Å²) in [4.78, 5) is 29.1. The van der Waals surface area contributed by atoms with Crippen molar-refractivity contribution in [3.05, 3.63) is 53.6 Å². The monoisotopic (exact) mass is 436 g/mol. The summed E-state index contributed by atoms with van der Waals surface area (Å²) in [7, 11) is 0. The van der Waals surface area contributed by atoms with Crippen molar-refractivity contribution in [2.24, 2.45) is 17.3 Å². The van der Waals surface area contributed by atoms with Gasteiger partial charge < -0.3 is 10.5 Å². The number of carbonyl (C=O) groups excluding carboxylic acids is 2. The number of pyridine rings is 1. The molecule has 1 aliphatic rings. The molecule has 5 heteroatoms. The maximum Gasteiger partial charge on any atom is 0.215 e. The van der Waals surface area contributed by atoms with Crippen LogP contribution >= 0.6 is 0 Å². The molecule has 1 heterocycles. The smallest absolute Gasteiger partial charge is 0.215 e. The zero-order valence-electron chi connectivity index (χ0n) is 19.6. The molecule has 1 aliphatic carbocycles. The lowest BCUT2D eigenvalue weighted by molar-refractivity contribution is -0.127. The number of Topliss-reactive ketones (excluding diaryl/α,β-unsaturated/α-hetero) is 2. The van der Waals surface area contributed by atoms with Gasteiger partial charge in [0.1, 0.15) is 24.0 Å². The van der Waals surface area contributed by atoms with Gasteiger partial charge in [0.05, 0.1) is 0 Å². The molecule has 0 bridgehead atoms. The number of nitrogen functional groups attached to an aromatic ring is 1. The van der Waals surface area contributed by atoms with Crippen LogP contribution in [0.3, 0.4) is 0 Å². The molecule has 1 saturated carbocycles. The van der Waals surface area contributed by atoms with Gasteiger partial charge in [-0.1, -0.05) is 51.1 Å². The summed E-state index contributed by atoms with van der Waals surface area (Å²) in [6.07, 6.45) is 5.85. The van der Waals surface area contributed by atoms with Crippen LogP contribution in [0.5, 0.6) is 5.88 Å². The van der Waals surface area contributed by atoms with Gasteiger partial charge in [0.15, 0.2) is 0 Å². The van der Waals surface area contributed by atoms with Crippen molar-refractivity contribution < 1.29 is 14.3 Å². The fourth-order valence-electron chi connectivity index (χ4n) is 4.20. The van der Waals surface area contributed by atoms with Gasteiger partial charge in [0.2, 0.25) is 5.88 Å². The lowest BCUT2D eigenvalue weighted by Gasteiger charge is -2.29. The number of anilines is 1. The van der Waals surface area contributed by atoms with Gasteiger partial charge in [-0.25, -0.2) is 0 Å². The summed E-state index contributed by atoms with van der Waals surface area (Å²) in [5, 5.41) is 0. The molecule has 0 saturated heterocycles. The van der Waals surface area contributed by atoms with Crippen molar-refractivity contribution in [1.29, 1.82) is 0 Å². The van der Waals surface area contributed by atoms with Crippen LogP contribution in [0.15, 0.2) is 42.5 Å². The molecular weight excluding hydrogens is 400 g/mol. The first-order chi connectivity index (χ1) is 15.2. The van der Waals surface area contributed by atoms with Crippen molar-refractivity contribution in [2.45, 2.75) is 72.3 Å². The first-order valence-corrected chi connectivity index (χ1v) is 11.7. The van der Waals surface area contributed by atoms with Crippen molar-refractivity contribution in [1.82, 2.24) is 4.98 Å². The lowest BCUT2D eigenvalue weighted by atomic mass is 9.75. The SMILES string of the molecule is CC(C)(C)C(=O)CC1CCC(C(=O)CCc2ccc(COc3cccc(N)n3)cc2)CC1. The Morgan fingerprint density at radius 2 is 1.66 bits per heavy atom. The average molecular weight is 437 g/mol. The summed E-state index contributed by atoms with van der Waals surface area (Å²) in [6, 6.07) is 13.5. The first-order valence-electron chi connectivity index (χ1n) is 11.7. The molecule has 3 rings (SSSR count). The second-order valence-corrected chi connectivity index (χ2v) is 10.1. The number of hydrogen-bond donors (Lipinski definition) is 1. The van der Waals surface area contributed by atoms with Gasteiger partial charge in [0, 0.05) is 30.2 Å². The number of nitrogens with two attached hydrogens (primary N) is 1. The first kappa shape index (κ1) is 24.0. The van der Waals surface area contributed by atoms with Gasteiger partial charge in [-0.2, -0.15) is 4.98 Å². The molecule has 0 aliphatic heterocycles. The van der Waals surface area contributed by atoms with Crippen LogP contribution < -0.4 is 10.5 Å². The van der Waals surface area contributed by atoms with Crippen molar-refractivity contribution in [3.8, 4) is 5.88 Å². The Hall–Kier alpha value is -2.69. The van der Waals surface area contributed by atoms with E-state index in [9.17, 15) is 9.59 Å². The normalized spacial score (nSPS) is 18.8. The quantitative estimate of drug-likeness (QED) is 0.557. The maximum atomic E-state index is 12.7. The third-order valence-electron chi connectivity index (χ3n) is 6.43. The molecule has 1 fully saturated rings. The van der Waals surface area contributed by atoms with Crippen LogP contribution in [0.2, 0.25) is 0 Å². The maximum absolute atomic E-state index is 12.7. The molecule has 32 heavy (non-hydrogen) atoms. The van der Waals surface area contributed by atoms with Crippen LogP contribution in [0.4, 0.5) is 5.82 Å². The van der Waals surface area contributed by atoms with E-state index in [0.717, 1.165) is 43.2 Å². The highest BCUT2D eigenvalue weighted by molar-refractivity contribution is 5.84. The van der Waals surface area contributed by atoms with Crippen LogP contribution in [0.25, 0.3) is 0 Å². The molecule has 2 aromatic rings. The number of carbonyl (C=O) groups is 2. The molecular formula is C27H36N2O3. The Morgan fingerprint density at radius 3 is 2.28 bits per heavy atom. The van der Waals surface area contributed by atoms with Gasteiger partial charge >= 0.3 is 0 Å². The number of aromatic nitrogens is 1. The highest BCUT2D eigenvalue weighted by Crippen LogP contribution is 2.34. The second-order valence-electron chi connectivity index (χ2n) is 10.1. The summed E-state index contributed by atoms with van der Waals surface area (Å²) in [6.45, 7) is 6.39. The number of ether oxygens (including phenoxy) is 1. The summed E-state index contributed by atoms with van der Waals surface area (Å²) in [5.74, 6) is 2.26. The highest BCUT2D eigenvalue weighted by atomic mass is 16.5. The lowest BCUT2D eigenvalue weighted by Crippen LogP contribution is -2.27. The van der Waals surface area contributed by atoms with Crippen molar-refractivity contribution >= 4 is 17.4 Å². The highest BCUT2D eigenvalue weighted by Gasteiger charge is 2.30. The fourth-order valence-corrected chi connectivity index (χ4v) is 4.20. The minimum absolute atomic E-state index is 0.162. The van der Waals surface area contributed by atoms with E-state index in [1.807, 2.05) is 39.0 Å². The van der Waals surface area contributed by atoms with Gasteiger partial charge in [-0.05, 0) is 55.2 Å². The van der Waals surface area contributed by atoms with Crippen LogP contribution in [0, 0.1) is 17.3 Å². The van der Waals surface area contributed by atoms with E-state index in [-0.39, 0.29) is 11.3 Å². The predicted molar refractivity (Wildman–Crippen MR) is 127 cm³/mol.